The van der Waals surface area contributed by atoms with Crippen LogP contribution in [0.15, 0.2) is 24.3 Å². The van der Waals surface area contributed by atoms with Crippen molar-refractivity contribution in [2.75, 3.05) is 14.2 Å². The summed E-state index contributed by atoms with van der Waals surface area (Å²) in [6.45, 7) is 2.05. The molecule has 1 saturated carbocycles. The van der Waals surface area contributed by atoms with E-state index in [9.17, 15) is 4.79 Å². The van der Waals surface area contributed by atoms with Crippen LogP contribution >= 0.6 is 0 Å². The van der Waals surface area contributed by atoms with Crippen molar-refractivity contribution in [3.8, 4) is 5.75 Å². The van der Waals surface area contributed by atoms with Gasteiger partial charge in [-0.3, -0.25) is 4.79 Å². The van der Waals surface area contributed by atoms with E-state index in [1.54, 1.807) is 7.11 Å². The fourth-order valence-electron chi connectivity index (χ4n) is 2.83. The average Bonchev–Trinajstić information content (AvgIpc) is 2.91. The molecule has 0 bridgehead atoms. The molecule has 1 aromatic rings. The van der Waals surface area contributed by atoms with E-state index in [1.807, 2.05) is 36.2 Å². The third-order valence-corrected chi connectivity index (χ3v) is 4.35. The topological polar surface area (TPSA) is 55.6 Å². The van der Waals surface area contributed by atoms with Gasteiger partial charge >= 0.3 is 0 Å². The zero-order chi connectivity index (χ0) is 14.7. The lowest BCUT2D eigenvalue weighted by Gasteiger charge is -2.28. The Labute approximate surface area is 120 Å². The lowest BCUT2D eigenvalue weighted by Crippen LogP contribution is -2.34. The van der Waals surface area contributed by atoms with Crippen LogP contribution in [0.3, 0.4) is 0 Å². The molecule has 0 spiro atoms. The summed E-state index contributed by atoms with van der Waals surface area (Å²) in [6, 6.07) is 8.12. The molecule has 1 aromatic carbocycles. The summed E-state index contributed by atoms with van der Waals surface area (Å²) in [5.74, 6) is 1.13. The Bertz CT molecular complexity index is 458. The molecular formula is C16H24N2O2. The third-order valence-electron chi connectivity index (χ3n) is 4.35. The minimum absolute atomic E-state index is 0.0604. The lowest BCUT2D eigenvalue weighted by molar-refractivity contribution is -0.136. The second-order valence-corrected chi connectivity index (χ2v) is 5.67. The minimum Gasteiger partial charge on any atom is -0.497 e. The number of nitrogens with zero attached hydrogens (tertiary/aromatic N) is 1. The van der Waals surface area contributed by atoms with Gasteiger partial charge in [0, 0.05) is 19.0 Å². The van der Waals surface area contributed by atoms with Crippen molar-refractivity contribution in [1.82, 2.24) is 4.90 Å². The number of amides is 1. The first kappa shape index (κ1) is 14.9. The van der Waals surface area contributed by atoms with Gasteiger partial charge in [-0.2, -0.15) is 0 Å². The molecule has 4 heteroatoms. The molecule has 0 saturated heterocycles. The molecule has 1 aliphatic rings. The second kappa shape index (κ2) is 6.27. The summed E-state index contributed by atoms with van der Waals surface area (Å²) in [5.41, 5.74) is 7.01. The van der Waals surface area contributed by atoms with Crippen LogP contribution in [0.2, 0.25) is 0 Å². The van der Waals surface area contributed by atoms with Crippen molar-refractivity contribution in [2.45, 2.75) is 38.3 Å². The van der Waals surface area contributed by atoms with Gasteiger partial charge in [-0.15, -0.1) is 0 Å². The van der Waals surface area contributed by atoms with Gasteiger partial charge in [0.05, 0.1) is 13.2 Å². The Kier molecular flexibility index (Phi) is 4.65. The van der Waals surface area contributed by atoms with Crippen LogP contribution in [0.4, 0.5) is 0 Å². The number of carbonyl (C=O) groups excluding carboxylic acids is 1. The monoisotopic (exact) mass is 276 g/mol. The molecule has 3 atom stereocenters. The maximum atomic E-state index is 12.5. The summed E-state index contributed by atoms with van der Waals surface area (Å²) in [7, 11) is 3.53. The van der Waals surface area contributed by atoms with E-state index in [-0.39, 0.29) is 23.9 Å². The summed E-state index contributed by atoms with van der Waals surface area (Å²) in [4.78, 5) is 14.3. The van der Waals surface area contributed by atoms with E-state index in [0.717, 1.165) is 30.6 Å². The first-order valence-electron chi connectivity index (χ1n) is 7.19. The van der Waals surface area contributed by atoms with Crippen LogP contribution in [0.5, 0.6) is 5.75 Å². The van der Waals surface area contributed by atoms with Crippen LogP contribution < -0.4 is 10.5 Å². The van der Waals surface area contributed by atoms with Crippen molar-refractivity contribution in [3.63, 3.8) is 0 Å². The smallest absolute Gasteiger partial charge is 0.225 e. The highest BCUT2D eigenvalue weighted by Gasteiger charge is 2.31. The van der Waals surface area contributed by atoms with Crippen molar-refractivity contribution >= 4 is 5.91 Å². The van der Waals surface area contributed by atoms with E-state index in [1.165, 1.54) is 0 Å². The molecular weight excluding hydrogens is 252 g/mol. The minimum atomic E-state index is 0.0604. The number of rotatable bonds is 4. The quantitative estimate of drug-likeness (QED) is 0.918. The number of nitrogens with two attached hydrogens (primary N) is 1. The molecule has 3 unspecified atom stereocenters. The first-order valence-corrected chi connectivity index (χ1v) is 7.19. The van der Waals surface area contributed by atoms with E-state index in [0.29, 0.717) is 0 Å². The zero-order valence-electron chi connectivity index (χ0n) is 12.5. The maximum absolute atomic E-state index is 12.5. The van der Waals surface area contributed by atoms with Crippen LogP contribution in [-0.2, 0) is 4.79 Å². The number of ether oxygens (including phenoxy) is 1. The molecule has 0 aromatic heterocycles. The zero-order valence-corrected chi connectivity index (χ0v) is 12.5. The Morgan fingerprint density at radius 3 is 2.50 bits per heavy atom. The molecule has 4 nitrogen and oxygen atoms in total. The van der Waals surface area contributed by atoms with Gasteiger partial charge in [-0.1, -0.05) is 12.1 Å². The molecule has 2 N–H and O–H groups in total. The van der Waals surface area contributed by atoms with Crippen molar-refractivity contribution in [2.24, 2.45) is 11.7 Å². The largest absolute Gasteiger partial charge is 0.497 e. The molecule has 20 heavy (non-hydrogen) atoms. The van der Waals surface area contributed by atoms with Gasteiger partial charge in [-0.05, 0) is 43.9 Å². The predicted octanol–water partition coefficient (Wildman–Crippen LogP) is 2.34. The second-order valence-electron chi connectivity index (χ2n) is 5.67. The van der Waals surface area contributed by atoms with E-state index in [4.69, 9.17) is 10.5 Å². The Balaban J connectivity index is 2.03. The molecule has 2 rings (SSSR count). The Hall–Kier alpha value is -1.55. The van der Waals surface area contributed by atoms with Crippen LogP contribution in [0.25, 0.3) is 0 Å². The summed E-state index contributed by atoms with van der Waals surface area (Å²) >= 11 is 0. The number of methoxy groups -OCH3 is 1. The number of carbonyl (C=O) groups is 1. The van der Waals surface area contributed by atoms with Crippen molar-refractivity contribution in [3.05, 3.63) is 29.8 Å². The van der Waals surface area contributed by atoms with Crippen molar-refractivity contribution < 1.29 is 9.53 Å². The average molecular weight is 276 g/mol. The van der Waals surface area contributed by atoms with Crippen LogP contribution in [-0.4, -0.2) is 31.0 Å². The molecule has 1 amide bonds. The Morgan fingerprint density at radius 2 is 2.00 bits per heavy atom. The molecule has 110 valence electrons. The highest BCUT2D eigenvalue weighted by Crippen LogP contribution is 2.29. The summed E-state index contributed by atoms with van der Waals surface area (Å²) in [5, 5.41) is 0. The molecule has 1 aliphatic carbocycles. The molecule has 0 heterocycles. The normalized spacial score (nSPS) is 23.4. The highest BCUT2D eigenvalue weighted by molar-refractivity contribution is 5.79. The summed E-state index contributed by atoms with van der Waals surface area (Å²) in [6.07, 6.45) is 2.69. The highest BCUT2D eigenvalue weighted by atomic mass is 16.5. The van der Waals surface area contributed by atoms with E-state index >= 15 is 0 Å². The van der Waals surface area contributed by atoms with Gasteiger partial charge < -0.3 is 15.4 Å². The Morgan fingerprint density at radius 1 is 1.35 bits per heavy atom. The maximum Gasteiger partial charge on any atom is 0.225 e. The molecule has 1 fully saturated rings. The predicted molar refractivity (Wildman–Crippen MR) is 79.5 cm³/mol. The molecule has 0 aliphatic heterocycles. The third kappa shape index (κ3) is 3.12. The standard InChI is InChI=1S/C16H24N2O2/c1-11(12-5-8-15(20-3)9-6-12)18(2)16(19)13-4-7-14(17)10-13/h5-6,8-9,11,13-14H,4,7,10,17H2,1-3H3. The fourth-order valence-corrected chi connectivity index (χ4v) is 2.83. The SMILES string of the molecule is COc1ccc(C(C)N(C)C(=O)C2CCC(N)C2)cc1. The van der Waals surface area contributed by atoms with Crippen molar-refractivity contribution in [1.29, 1.82) is 0 Å². The van der Waals surface area contributed by atoms with Gasteiger partial charge in [0.25, 0.3) is 0 Å². The summed E-state index contributed by atoms with van der Waals surface area (Å²) < 4.78 is 5.16. The van der Waals surface area contributed by atoms with Gasteiger partial charge in [-0.25, -0.2) is 0 Å². The lowest BCUT2D eigenvalue weighted by atomic mass is 10.0. The number of hydrogen-bond acceptors (Lipinski definition) is 3. The molecule has 0 radical (unpaired) electrons. The number of hydrogen-bond donors (Lipinski definition) is 1. The first-order chi connectivity index (χ1) is 9.52. The van der Waals surface area contributed by atoms with Gasteiger partial charge in [0.2, 0.25) is 5.91 Å². The van der Waals surface area contributed by atoms with E-state index < -0.39 is 0 Å². The van der Waals surface area contributed by atoms with Gasteiger partial charge in [0.15, 0.2) is 0 Å². The van der Waals surface area contributed by atoms with Gasteiger partial charge in [0.1, 0.15) is 5.75 Å². The van der Waals surface area contributed by atoms with Crippen LogP contribution in [0.1, 0.15) is 37.8 Å². The number of benzene rings is 1. The van der Waals surface area contributed by atoms with E-state index in [2.05, 4.69) is 6.92 Å². The fraction of sp³-hybridized carbons (Fsp3) is 0.562. The van der Waals surface area contributed by atoms with Crippen LogP contribution in [0, 0.1) is 5.92 Å².